The Morgan fingerprint density at radius 1 is 1.04 bits per heavy atom. The van der Waals surface area contributed by atoms with E-state index in [-0.39, 0.29) is 0 Å². The van der Waals surface area contributed by atoms with E-state index in [9.17, 15) is 30.4 Å². The number of aromatic amines is 1. The number of nitrogens with zero attached hydrogens (tertiary/aromatic N) is 4. The van der Waals surface area contributed by atoms with E-state index in [1.165, 1.54) is 0 Å². The summed E-state index contributed by atoms with van der Waals surface area (Å²) in [5.41, 5.74) is 0. The third kappa shape index (κ3) is 7.54. The molecule has 0 aromatic carbocycles. The first kappa shape index (κ1) is 21.6. The fraction of sp³-hybridized carbons (Fsp3) is 0.400. The third-order valence-electron chi connectivity index (χ3n) is 2.50. The fourth-order valence-electron chi connectivity index (χ4n) is 1.93. The van der Waals surface area contributed by atoms with Crippen LogP contribution in [-0.2, 0) is 0 Å². The molecule has 1 aromatic heterocycles. The number of fused-ring (bicyclic) bond motifs is 1. The van der Waals surface area contributed by atoms with Crippen LogP contribution in [0.2, 0.25) is 0 Å². The zero-order valence-electron chi connectivity index (χ0n) is 13.4. The van der Waals surface area contributed by atoms with Crippen LogP contribution in [0, 0.1) is 11.2 Å². The molecular weight excluding hydrogens is 492 g/mol. The molecule has 0 unspecified atom stereocenters. The Morgan fingerprint density at radius 3 is 1.88 bits per heavy atom. The summed E-state index contributed by atoms with van der Waals surface area (Å²) >= 11 is 2.14. The SMILES string of the molecule is CN(C)C(N(C)C)=[n+]1[nH][n+]([O-])c2c1=CC=C(I)N2.F[P-](F)(F)(F)(F)F. The van der Waals surface area contributed by atoms with Crippen molar-refractivity contribution in [2.75, 3.05) is 33.5 Å². The van der Waals surface area contributed by atoms with Crippen LogP contribution in [0.25, 0.3) is 6.08 Å². The number of rotatable bonds is 2. The number of hydrogen-bond acceptors (Lipinski definition) is 4. The molecule has 2 N–H and O–H groups in total. The molecule has 0 bridgehead atoms. The van der Waals surface area contributed by atoms with Crippen molar-refractivity contribution in [1.82, 2.24) is 15.0 Å². The molecule has 2 rings (SSSR count). The number of nitrogens with one attached hydrogen (secondary N) is 2. The summed E-state index contributed by atoms with van der Waals surface area (Å²) in [7, 11) is -2.93. The van der Waals surface area contributed by atoms with E-state index < -0.39 is 7.81 Å². The Balaban J connectivity index is 0.000000381. The van der Waals surface area contributed by atoms with Gasteiger partial charge in [0.2, 0.25) is 5.35 Å². The van der Waals surface area contributed by atoms with Crippen LogP contribution in [0.4, 0.5) is 31.0 Å². The molecule has 0 saturated carbocycles. The summed E-state index contributed by atoms with van der Waals surface area (Å²) in [6.45, 7) is 0. The normalized spacial score (nSPS) is 15.9. The second-order valence-electron chi connectivity index (χ2n) is 5.32. The van der Waals surface area contributed by atoms with Crippen molar-refractivity contribution in [2.45, 2.75) is 0 Å². The van der Waals surface area contributed by atoms with E-state index in [4.69, 9.17) is 0 Å². The quantitative estimate of drug-likeness (QED) is 0.161. The summed E-state index contributed by atoms with van der Waals surface area (Å²) in [5, 5.41) is 18.5. The molecule has 0 atom stereocenters. The summed E-state index contributed by atoms with van der Waals surface area (Å²) in [6.07, 6.45) is 3.84. The van der Waals surface area contributed by atoms with E-state index in [1.807, 2.05) is 50.1 Å². The second-order valence-corrected chi connectivity index (χ2v) is 8.40. The van der Waals surface area contributed by atoms with Gasteiger partial charge in [-0.3, -0.25) is 0 Å². The van der Waals surface area contributed by atoms with Crippen LogP contribution >= 0.6 is 30.4 Å². The number of anilines is 1. The molecule has 0 aliphatic carbocycles. The topological polar surface area (TPSA) is 67.1 Å². The Kier molecular flexibility index (Phi) is 5.25. The minimum atomic E-state index is -10.7. The van der Waals surface area contributed by atoms with E-state index in [2.05, 4.69) is 33.1 Å². The minimum absolute atomic E-state index is 0.503. The van der Waals surface area contributed by atoms with Crippen LogP contribution in [-0.4, -0.2) is 43.2 Å². The van der Waals surface area contributed by atoms with Crippen LogP contribution < -0.4 is 19.9 Å². The maximum absolute atomic E-state index is 11.9. The number of halogens is 7. The van der Waals surface area contributed by atoms with Crippen LogP contribution in [0.5, 0.6) is 0 Å². The average Bonchev–Trinajstić information content (AvgIpc) is 2.61. The standard InChI is InChI=1S/C10H16IN6O.F6P/c1-14(2)10(15(3)4)16-7-5-6-8(11)12-9(7)17(18)13-16;1-7(2,3,4,5)6/h5-6,12-13H,1-4H3;/q+1;-1. The van der Waals surface area contributed by atoms with Gasteiger partial charge in [-0.2, -0.15) is 0 Å². The number of H-pyrrole nitrogens is 1. The van der Waals surface area contributed by atoms with Crippen molar-refractivity contribution in [3.8, 4) is 0 Å². The predicted octanol–water partition coefficient (Wildman–Crippen LogP) is 2.22. The molecule has 1 aliphatic heterocycles. The van der Waals surface area contributed by atoms with Gasteiger partial charge < -0.3 is 10.5 Å². The fourth-order valence-corrected chi connectivity index (χ4v) is 2.37. The molecule has 0 amide bonds. The number of aromatic nitrogens is 3. The van der Waals surface area contributed by atoms with Gasteiger partial charge in [0.05, 0.1) is 31.9 Å². The van der Waals surface area contributed by atoms with Gasteiger partial charge in [-0.1, -0.05) is 5.21 Å². The molecule has 0 fully saturated rings. The Bertz CT molecular complexity index is 794. The Hall–Kier alpha value is -1.44. The van der Waals surface area contributed by atoms with Crippen LogP contribution in [0.3, 0.4) is 0 Å². The van der Waals surface area contributed by atoms with Crippen LogP contribution in [0.1, 0.15) is 0 Å². The van der Waals surface area contributed by atoms with Gasteiger partial charge >= 0.3 is 38.9 Å². The van der Waals surface area contributed by atoms with Gasteiger partial charge in [0, 0.05) is 0 Å². The van der Waals surface area contributed by atoms with Gasteiger partial charge in [-0.15, -0.1) is 4.85 Å². The average molecular weight is 508 g/mol. The first-order valence-corrected chi connectivity index (χ1v) is 9.51. The number of allylic oxidation sites excluding steroid dienone is 1. The van der Waals surface area contributed by atoms with E-state index >= 15 is 0 Å². The molecule has 146 valence electrons. The Labute approximate surface area is 151 Å². The molecule has 2 heterocycles. The molecular formula is C10H16F6IN6OP. The van der Waals surface area contributed by atoms with Gasteiger partial charge in [-0.05, 0) is 39.1 Å². The number of hydrogen-bond donors (Lipinski definition) is 2. The summed E-state index contributed by atoms with van der Waals surface area (Å²) in [5.74, 6) is 1.37. The molecule has 15 heteroatoms. The zero-order valence-corrected chi connectivity index (χ0v) is 16.5. The van der Waals surface area contributed by atoms with Gasteiger partial charge in [0.15, 0.2) is 0 Å². The summed E-state index contributed by atoms with van der Waals surface area (Å²) in [6, 6.07) is 0. The molecule has 7 nitrogen and oxygen atoms in total. The molecule has 0 spiro atoms. The Morgan fingerprint density at radius 2 is 1.48 bits per heavy atom. The predicted molar refractivity (Wildman–Crippen MR) is 89.3 cm³/mol. The first-order valence-electron chi connectivity index (χ1n) is 6.40. The summed E-state index contributed by atoms with van der Waals surface area (Å²) in [4.78, 5) is 4.60. The van der Waals surface area contributed by atoms with E-state index in [0.29, 0.717) is 5.82 Å². The van der Waals surface area contributed by atoms with Gasteiger partial charge in [0.25, 0.3) is 5.82 Å². The maximum atomic E-state index is 11.9. The van der Waals surface area contributed by atoms with Crippen LogP contribution in [0.15, 0.2) is 9.78 Å². The molecule has 1 aliphatic rings. The van der Waals surface area contributed by atoms with Crippen molar-refractivity contribution in [1.29, 1.82) is 0 Å². The molecule has 25 heavy (non-hydrogen) atoms. The third-order valence-corrected chi connectivity index (χ3v) is 3.13. The molecule has 0 saturated heterocycles. The first-order chi connectivity index (χ1) is 10.9. The second kappa shape index (κ2) is 6.07. The van der Waals surface area contributed by atoms with Crippen molar-refractivity contribution >= 4 is 42.3 Å². The molecule has 1 aromatic rings. The van der Waals surface area contributed by atoms with Crippen molar-refractivity contribution < 1.29 is 34.4 Å². The van der Waals surface area contributed by atoms with Crippen molar-refractivity contribution in [3.63, 3.8) is 0 Å². The van der Waals surface area contributed by atoms with Crippen molar-refractivity contribution in [2.24, 2.45) is 0 Å². The van der Waals surface area contributed by atoms with Gasteiger partial charge in [0.1, 0.15) is 0 Å². The summed E-state index contributed by atoms with van der Waals surface area (Å²) < 4.78 is 61.8. The zero-order chi connectivity index (χ0) is 19.9. The monoisotopic (exact) mass is 508 g/mol. The van der Waals surface area contributed by atoms with Crippen molar-refractivity contribution in [3.05, 3.63) is 26.3 Å². The van der Waals surface area contributed by atoms with Gasteiger partial charge in [-0.25, -0.2) is 9.80 Å². The van der Waals surface area contributed by atoms with E-state index in [0.717, 1.165) is 19.9 Å². The van der Waals surface area contributed by atoms with E-state index in [1.54, 1.807) is 4.36 Å². The molecule has 0 radical (unpaired) electrons.